The van der Waals surface area contributed by atoms with Gasteiger partial charge in [0.1, 0.15) is 11.2 Å². The molecule has 0 unspecified atom stereocenters. The van der Waals surface area contributed by atoms with Crippen LogP contribution in [0, 0.1) is 0 Å². The molecule has 0 fully saturated rings. The fourth-order valence-corrected chi connectivity index (χ4v) is 7.03. The fraction of sp³-hybridized carbons (Fsp3) is 0. The van der Waals surface area contributed by atoms with Crippen LogP contribution in [0.15, 0.2) is 168 Å². The first-order valence-electron chi connectivity index (χ1n) is 22.9. The second-order valence-corrected chi connectivity index (χ2v) is 12.3. The van der Waals surface area contributed by atoms with Crippen LogP contribution in [0.1, 0.15) is 20.6 Å². The summed E-state index contributed by atoms with van der Waals surface area (Å²) in [6.45, 7) is 0. The number of nitrogens with zero attached hydrogens (tertiary/aromatic N) is 3. The van der Waals surface area contributed by atoms with Crippen molar-refractivity contribution < 1.29 is 25.0 Å². The zero-order valence-corrected chi connectivity index (χ0v) is 26.4. The Kier molecular flexibility index (Phi) is 4.02. The zero-order valence-electron chi connectivity index (χ0n) is 40.6. The van der Waals surface area contributed by atoms with E-state index < -0.39 is 107 Å². The van der Waals surface area contributed by atoms with Crippen LogP contribution in [0.2, 0.25) is 0 Å². The van der Waals surface area contributed by atoms with E-state index in [4.69, 9.17) is 34.4 Å². The van der Waals surface area contributed by atoms with Crippen molar-refractivity contribution in [2.24, 2.45) is 0 Å². The minimum Gasteiger partial charge on any atom is -0.456 e. The molecule has 0 saturated heterocycles. The first-order chi connectivity index (χ1) is 31.0. The SMILES string of the molecule is [2H]c1c([2H])c([2H])c(-c2c([2H])c([2H])c([2H])c([2H])c2-c2c([2H])c([2H])c([2H])c3sc4c([2H])c(-c5nc(-c6ccccc6)nc(-c6ccc7c(c6)oc6ccccc67)n5)c([2H])c([2H])c4c23)c([2H])c1[2H]. The van der Waals surface area contributed by atoms with E-state index in [0.29, 0.717) is 22.3 Å². The number of hydrogen-bond acceptors (Lipinski definition) is 5. The van der Waals surface area contributed by atoms with Crippen LogP contribution in [0.4, 0.5) is 0 Å². The molecule has 3 aromatic heterocycles. The molecule has 0 aliphatic rings. The molecule has 10 aromatic rings. The van der Waals surface area contributed by atoms with E-state index in [1.54, 1.807) is 30.3 Å². The summed E-state index contributed by atoms with van der Waals surface area (Å²) in [5, 5.41) is 1.48. The largest absolute Gasteiger partial charge is 0.456 e. The number of benzene rings is 7. The molecule has 50 heavy (non-hydrogen) atoms. The molecule has 0 bridgehead atoms. The number of para-hydroxylation sites is 1. The average molecular weight is 673 g/mol. The van der Waals surface area contributed by atoms with Crippen molar-refractivity contribution in [3.8, 4) is 56.4 Å². The molecule has 0 aliphatic heterocycles. The van der Waals surface area contributed by atoms with Gasteiger partial charge < -0.3 is 4.42 Å². The second kappa shape index (κ2) is 11.6. The predicted molar refractivity (Wildman–Crippen MR) is 207 cm³/mol. The van der Waals surface area contributed by atoms with Gasteiger partial charge >= 0.3 is 0 Å². The number of furan rings is 1. The van der Waals surface area contributed by atoms with Crippen molar-refractivity contribution in [2.45, 2.75) is 0 Å². The van der Waals surface area contributed by atoms with E-state index >= 15 is 0 Å². The summed E-state index contributed by atoms with van der Waals surface area (Å²) in [5.74, 6) is 0.240. The second-order valence-electron chi connectivity index (χ2n) is 11.2. The smallest absolute Gasteiger partial charge is 0.164 e. The number of thiophene rings is 1. The van der Waals surface area contributed by atoms with Gasteiger partial charge in [0.25, 0.3) is 0 Å². The molecule has 234 valence electrons. The topological polar surface area (TPSA) is 51.8 Å². The maximum absolute atomic E-state index is 9.66. The molecule has 0 N–H and O–H groups in total. The van der Waals surface area contributed by atoms with Crippen LogP contribution in [-0.4, -0.2) is 15.0 Å². The maximum atomic E-state index is 9.66. The van der Waals surface area contributed by atoms with E-state index in [-0.39, 0.29) is 49.3 Å². The molecule has 7 aromatic carbocycles. The van der Waals surface area contributed by atoms with Gasteiger partial charge in [-0.25, -0.2) is 15.0 Å². The normalized spacial score (nSPS) is 15.8. The minimum atomic E-state index is -0.807. The predicted octanol–water partition coefficient (Wildman–Crippen LogP) is 12.5. The van der Waals surface area contributed by atoms with Gasteiger partial charge in [-0.3, -0.25) is 0 Å². The fourth-order valence-electron chi connectivity index (χ4n) is 6.01. The monoisotopic (exact) mass is 672 g/mol. The number of aromatic nitrogens is 3. The maximum Gasteiger partial charge on any atom is 0.164 e. The first-order valence-corrected chi connectivity index (χ1v) is 16.2. The van der Waals surface area contributed by atoms with Crippen molar-refractivity contribution >= 4 is 53.4 Å². The summed E-state index contributed by atoms with van der Waals surface area (Å²) < 4.78 is 140. The molecule has 0 aliphatic carbocycles. The zero-order chi connectivity index (χ0) is 46.1. The van der Waals surface area contributed by atoms with Gasteiger partial charge in [-0.05, 0) is 52.5 Å². The molecular formula is C45H27N3OS. The molecular weight excluding hydrogens is 631 g/mol. The van der Waals surface area contributed by atoms with Crippen LogP contribution in [0.5, 0.6) is 0 Å². The summed E-state index contributed by atoms with van der Waals surface area (Å²) in [5.41, 5.74) is 0.112. The van der Waals surface area contributed by atoms with Crippen molar-refractivity contribution in [3.05, 3.63) is 163 Å². The molecule has 0 spiro atoms. The molecule has 10 rings (SSSR count). The third-order valence-electron chi connectivity index (χ3n) is 8.29. The molecule has 0 saturated carbocycles. The highest BCUT2D eigenvalue weighted by atomic mass is 32.1. The van der Waals surface area contributed by atoms with Crippen molar-refractivity contribution in [3.63, 3.8) is 0 Å². The van der Waals surface area contributed by atoms with Crippen LogP contribution in [0.3, 0.4) is 0 Å². The van der Waals surface area contributed by atoms with Crippen molar-refractivity contribution in [1.82, 2.24) is 15.0 Å². The molecule has 0 atom stereocenters. The molecule has 4 nitrogen and oxygen atoms in total. The first kappa shape index (κ1) is 17.3. The molecule has 0 radical (unpaired) electrons. The van der Waals surface area contributed by atoms with Crippen LogP contribution >= 0.6 is 11.3 Å². The minimum absolute atomic E-state index is 0.00728. The lowest BCUT2D eigenvalue weighted by Gasteiger charge is -2.12. The highest BCUT2D eigenvalue weighted by molar-refractivity contribution is 7.26. The van der Waals surface area contributed by atoms with Gasteiger partial charge in [0.15, 0.2) is 17.5 Å². The van der Waals surface area contributed by atoms with Crippen molar-refractivity contribution in [2.75, 3.05) is 0 Å². The number of fused-ring (bicyclic) bond motifs is 6. The van der Waals surface area contributed by atoms with E-state index in [0.717, 1.165) is 22.1 Å². The Bertz CT molecular complexity index is 3710. The summed E-state index contributed by atoms with van der Waals surface area (Å²) in [4.78, 5) is 14.3. The quantitative estimate of drug-likeness (QED) is 0.183. The van der Waals surface area contributed by atoms with Gasteiger partial charge in [-0.1, -0.05) is 133 Å². The third-order valence-corrected chi connectivity index (χ3v) is 9.31. The number of hydrogen-bond donors (Lipinski definition) is 0. The Balaban J connectivity index is 1.28. The van der Waals surface area contributed by atoms with Gasteiger partial charge in [-0.15, -0.1) is 11.3 Å². The van der Waals surface area contributed by atoms with Crippen LogP contribution in [-0.2, 0) is 0 Å². The third kappa shape index (κ3) is 4.79. The highest BCUT2D eigenvalue weighted by Crippen LogP contribution is 2.44. The Labute approximate surface area is 313 Å². The molecule has 0 amide bonds. The van der Waals surface area contributed by atoms with Gasteiger partial charge in [0.05, 0.1) is 20.6 Å². The lowest BCUT2D eigenvalue weighted by Crippen LogP contribution is -2.00. The summed E-state index contributed by atoms with van der Waals surface area (Å²) in [6.07, 6.45) is 0. The lowest BCUT2D eigenvalue weighted by atomic mass is 9.92. The summed E-state index contributed by atoms with van der Waals surface area (Å²) >= 11 is 0.799. The van der Waals surface area contributed by atoms with E-state index in [1.165, 1.54) is 0 Å². The van der Waals surface area contributed by atoms with Gasteiger partial charge in [0.2, 0.25) is 0 Å². The van der Waals surface area contributed by atoms with Crippen LogP contribution in [0.25, 0.3) is 98.5 Å². The Morgan fingerprint density at radius 1 is 0.460 bits per heavy atom. The number of rotatable bonds is 5. The van der Waals surface area contributed by atoms with E-state index in [2.05, 4.69) is 0 Å². The lowest BCUT2D eigenvalue weighted by molar-refractivity contribution is 0.669. The van der Waals surface area contributed by atoms with Crippen molar-refractivity contribution in [1.29, 1.82) is 0 Å². The Morgan fingerprint density at radius 2 is 1.16 bits per heavy atom. The Hall–Kier alpha value is -6.43. The van der Waals surface area contributed by atoms with Gasteiger partial charge in [-0.2, -0.15) is 0 Å². The standard InChI is InChI=1S/C45H27N3OS/c1-3-12-28(13-4-1)32-16-7-8-17-33(32)36-19-11-21-40-42(36)37-25-23-31(27-41(37)50-40)45-47-43(29-14-5-2-6-15-29)46-44(48-45)30-22-24-35-34-18-9-10-20-38(34)49-39(35)26-30/h1-27H/i1D,3D,4D,7D,8D,11D,12D,13D,16D,17D,19D,21D,23D,25D,27D. The summed E-state index contributed by atoms with van der Waals surface area (Å²) in [6, 6.07) is 11.6. The van der Waals surface area contributed by atoms with Gasteiger partial charge in [0, 0.05) is 47.6 Å². The molecule has 5 heteroatoms. The average Bonchev–Trinajstić information content (AvgIpc) is 3.90. The van der Waals surface area contributed by atoms with E-state index in [9.17, 15) is 5.48 Å². The van der Waals surface area contributed by atoms with E-state index in [1.807, 2.05) is 42.5 Å². The summed E-state index contributed by atoms with van der Waals surface area (Å²) in [7, 11) is 0. The molecule has 3 heterocycles. The highest BCUT2D eigenvalue weighted by Gasteiger charge is 2.18. The van der Waals surface area contributed by atoms with Crippen LogP contribution < -0.4 is 0 Å². The Morgan fingerprint density at radius 3 is 2.02 bits per heavy atom.